The Morgan fingerprint density at radius 1 is 0.967 bits per heavy atom. The lowest BCUT2D eigenvalue weighted by atomic mass is 10.2. The lowest BCUT2D eigenvalue weighted by Gasteiger charge is -2.17. The number of aryl methyl sites for hydroxylation is 1. The molecule has 3 aromatic carbocycles. The topological polar surface area (TPSA) is 75.7 Å². The maximum absolute atomic E-state index is 12.5. The monoisotopic (exact) mass is 424 g/mol. The van der Waals surface area contributed by atoms with Crippen molar-refractivity contribution in [3.8, 4) is 5.75 Å². The van der Waals surface area contributed by atoms with Crippen molar-refractivity contribution in [3.63, 3.8) is 0 Å². The number of carbonyl (C=O) groups excluding carboxylic acids is 1. The van der Waals surface area contributed by atoms with E-state index in [-0.39, 0.29) is 17.4 Å². The van der Waals surface area contributed by atoms with Crippen LogP contribution in [-0.4, -0.2) is 32.9 Å². The molecule has 0 fully saturated rings. The molecule has 0 saturated heterocycles. The Morgan fingerprint density at radius 2 is 1.67 bits per heavy atom. The minimum atomic E-state index is -3.71. The summed E-state index contributed by atoms with van der Waals surface area (Å²) in [6.07, 6.45) is 0. The van der Waals surface area contributed by atoms with E-state index in [1.54, 1.807) is 30.1 Å². The number of carbonyl (C=O) groups is 1. The van der Waals surface area contributed by atoms with Crippen LogP contribution >= 0.6 is 0 Å². The van der Waals surface area contributed by atoms with Crippen molar-refractivity contribution >= 4 is 21.6 Å². The van der Waals surface area contributed by atoms with Gasteiger partial charge in [0.25, 0.3) is 15.9 Å². The predicted octanol–water partition coefficient (Wildman–Crippen LogP) is 3.83. The lowest BCUT2D eigenvalue weighted by molar-refractivity contribution is -0.132. The summed E-state index contributed by atoms with van der Waals surface area (Å²) in [5, 5.41) is 0. The Labute approximate surface area is 177 Å². The fourth-order valence-electron chi connectivity index (χ4n) is 2.84. The van der Waals surface area contributed by atoms with E-state index in [9.17, 15) is 13.2 Å². The number of likely N-dealkylation sites (N-methyl/N-ethyl adjacent to an activating group) is 1. The number of ether oxygens (including phenoxy) is 1. The summed E-state index contributed by atoms with van der Waals surface area (Å²) in [7, 11) is -1.99. The molecule has 156 valence electrons. The number of benzene rings is 3. The Hall–Kier alpha value is -3.32. The van der Waals surface area contributed by atoms with Gasteiger partial charge in [0.2, 0.25) is 0 Å². The quantitative estimate of drug-likeness (QED) is 0.596. The fourth-order valence-corrected chi connectivity index (χ4v) is 3.89. The normalized spacial score (nSPS) is 11.0. The number of hydrogen-bond acceptors (Lipinski definition) is 4. The molecule has 0 radical (unpaired) electrons. The van der Waals surface area contributed by atoms with E-state index in [4.69, 9.17) is 4.74 Å². The van der Waals surface area contributed by atoms with Gasteiger partial charge in [-0.1, -0.05) is 42.5 Å². The van der Waals surface area contributed by atoms with Gasteiger partial charge in [0.15, 0.2) is 6.61 Å². The lowest BCUT2D eigenvalue weighted by Crippen LogP contribution is -2.30. The Kier molecular flexibility index (Phi) is 6.74. The van der Waals surface area contributed by atoms with Crippen molar-refractivity contribution in [1.82, 2.24) is 4.90 Å². The predicted molar refractivity (Wildman–Crippen MR) is 117 cm³/mol. The summed E-state index contributed by atoms with van der Waals surface area (Å²) >= 11 is 0. The van der Waals surface area contributed by atoms with Gasteiger partial charge in [-0.15, -0.1) is 0 Å². The van der Waals surface area contributed by atoms with E-state index in [1.165, 1.54) is 24.3 Å². The Balaban J connectivity index is 1.56. The molecule has 0 heterocycles. The molecule has 0 spiro atoms. The van der Waals surface area contributed by atoms with E-state index < -0.39 is 10.0 Å². The van der Waals surface area contributed by atoms with Crippen LogP contribution in [0.3, 0.4) is 0 Å². The van der Waals surface area contributed by atoms with Crippen molar-refractivity contribution < 1.29 is 17.9 Å². The summed E-state index contributed by atoms with van der Waals surface area (Å²) < 4.78 is 33.2. The van der Waals surface area contributed by atoms with Crippen LogP contribution in [-0.2, 0) is 21.4 Å². The van der Waals surface area contributed by atoms with Crippen LogP contribution in [0.4, 0.5) is 5.69 Å². The third-order valence-electron chi connectivity index (χ3n) is 4.45. The van der Waals surface area contributed by atoms with Gasteiger partial charge in [-0.05, 0) is 54.4 Å². The van der Waals surface area contributed by atoms with E-state index in [2.05, 4.69) is 4.72 Å². The van der Waals surface area contributed by atoms with Gasteiger partial charge in [-0.3, -0.25) is 9.52 Å². The highest BCUT2D eigenvalue weighted by Gasteiger charge is 2.15. The molecule has 0 aliphatic carbocycles. The number of anilines is 1. The minimum absolute atomic E-state index is 0.115. The highest BCUT2D eigenvalue weighted by molar-refractivity contribution is 7.92. The van der Waals surface area contributed by atoms with E-state index >= 15 is 0 Å². The van der Waals surface area contributed by atoms with Crippen LogP contribution in [0.5, 0.6) is 5.75 Å². The first kappa shape index (κ1) is 21.4. The molecule has 30 heavy (non-hydrogen) atoms. The van der Waals surface area contributed by atoms with Gasteiger partial charge in [-0.2, -0.15) is 0 Å². The van der Waals surface area contributed by atoms with Crippen LogP contribution in [0, 0.1) is 6.92 Å². The number of sulfonamides is 1. The Morgan fingerprint density at radius 3 is 2.33 bits per heavy atom. The number of nitrogens with zero attached hydrogens (tertiary/aromatic N) is 1. The van der Waals surface area contributed by atoms with Crippen LogP contribution in [0.1, 0.15) is 11.1 Å². The fraction of sp³-hybridized carbons (Fsp3) is 0.174. The van der Waals surface area contributed by atoms with E-state index in [0.717, 1.165) is 11.1 Å². The smallest absolute Gasteiger partial charge is 0.261 e. The average Bonchev–Trinajstić information content (AvgIpc) is 2.72. The third kappa shape index (κ3) is 5.84. The molecule has 0 saturated carbocycles. The second-order valence-electron chi connectivity index (χ2n) is 6.97. The molecule has 0 aliphatic heterocycles. The second-order valence-corrected chi connectivity index (χ2v) is 8.65. The van der Waals surface area contributed by atoms with Crippen LogP contribution in [0.15, 0.2) is 83.8 Å². The van der Waals surface area contributed by atoms with Crippen LogP contribution in [0.25, 0.3) is 0 Å². The van der Waals surface area contributed by atoms with Gasteiger partial charge in [0, 0.05) is 19.3 Å². The molecule has 0 bridgehead atoms. The molecule has 0 aliphatic rings. The number of nitrogens with one attached hydrogen (secondary N) is 1. The summed E-state index contributed by atoms with van der Waals surface area (Å²) in [4.78, 5) is 14.0. The Bertz CT molecular complexity index is 1100. The molecule has 7 heteroatoms. The zero-order valence-corrected chi connectivity index (χ0v) is 17.7. The molecule has 0 unspecified atom stereocenters. The van der Waals surface area contributed by atoms with E-state index in [0.29, 0.717) is 18.0 Å². The number of amides is 1. The van der Waals surface area contributed by atoms with Crippen molar-refractivity contribution in [2.24, 2.45) is 0 Å². The van der Waals surface area contributed by atoms with Crippen LogP contribution < -0.4 is 9.46 Å². The summed E-state index contributed by atoms with van der Waals surface area (Å²) in [6, 6.07) is 22.8. The van der Waals surface area contributed by atoms with Crippen molar-refractivity contribution in [2.45, 2.75) is 18.4 Å². The van der Waals surface area contributed by atoms with Gasteiger partial charge in [0.1, 0.15) is 5.75 Å². The van der Waals surface area contributed by atoms with Crippen molar-refractivity contribution in [1.29, 1.82) is 0 Å². The standard InChI is InChI=1S/C23H24N2O4S/c1-18-7-6-10-20(15-18)24-30(27,28)22-13-11-21(12-14-22)29-17-23(26)25(2)16-19-8-4-3-5-9-19/h3-15,24H,16-17H2,1-2H3. The van der Waals surface area contributed by atoms with Crippen molar-refractivity contribution in [2.75, 3.05) is 18.4 Å². The highest BCUT2D eigenvalue weighted by atomic mass is 32.2. The maximum Gasteiger partial charge on any atom is 0.261 e. The summed E-state index contributed by atoms with van der Waals surface area (Å²) in [5.41, 5.74) is 2.49. The SMILES string of the molecule is Cc1cccc(NS(=O)(=O)c2ccc(OCC(=O)N(C)Cc3ccccc3)cc2)c1. The molecule has 0 aromatic heterocycles. The highest BCUT2D eigenvalue weighted by Crippen LogP contribution is 2.20. The molecular formula is C23H24N2O4S. The summed E-state index contributed by atoms with van der Waals surface area (Å²) in [6.45, 7) is 2.25. The zero-order valence-electron chi connectivity index (χ0n) is 16.9. The molecular weight excluding hydrogens is 400 g/mol. The van der Waals surface area contributed by atoms with Gasteiger partial charge < -0.3 is 9.64 Å². The molecule has 3 aromatic rings. The minimum Gasteiger partial charge on any atom is -0.484 e. The molecule has 1 N–H and O–H groups in total. The average molecular weight is 425 g/mol. The third-order valence-corrected chi connectivity index (χ3v) is 5.85. The maximum atomic E-state index is 12.5. The number of hydrogen-bond donors (Lipinski definition) is 1. The largest absolute Gasteiger partial charge is 0.484 e. The van der Waals surface area contributed by atoms with Crippen LogP contribution in [0.2, 0.25) is 0 Å². The van der Waals surface area contributed by atoms with Gasteiger partial charge >= 0.3 is 0 Å². The van der Waals surface area contributed by atoms with E-state index in [1.807, 2.05) is 43.3 Å². The first-order chi connectivity index (χ1) is 14.3. The van der Waals surface area contributed by atoms with Gasteiger partial charge in [0.05, 0.1) is 4.90 Å². The number of rotatable bonds is 8. The molecule has 1 amide bonds. The van der Waals surface area contributed by atoms with Gasteiger partial charge in [-0.25, -0.2) is 8.42 Å². The molecule has 0 atom stereocenters. The molecule has 6 nitrogen and oxygen atoms in total. The molecule has 3 rings (SSSR count). The second kappa shape index (κ2) is 9.45. The first-order valence-corrected chi connectivity index (χ1v) is 10.9. The summed E-state index contributed by atoms with van der Waals surface area (Å²) in [5.74, 6) is 0.252. The first-order valence-electron chi connectivity index (χ1n) is 9.44. The zero-order chi connectivity index (χ0) is 21.6. The van der Waals surface area contributed by atoms with Crippen molar-refractivity contribution in [3.05, 3.63) is 90.0 Å².